The molecular weight excluding hydrogens is 641 g/mol. The van der Waals surface area contributed by atoms with Crippen molar-refractivity contribution in [3.05, 3.63) is 66.1 Å². The Morgan fingerprint density at radius 1 is 1.04 bits per heavy atom. The molecule has 5 aromatic rings. The summed E-state index contributed by atoms with van der Waals surface area (Å²) >= 11 is 0. The summed E-state index contributed by atoms with van der Waals surface area (Å²) in [6.07, 6.45) is 1.37. The van der Waals surface area contributed by atoms with Gasteiger partial charge < -0.3 is 34.1 Å². The Morgan fingerprint density at radius 2 is 1.84 bits per heavy atom. The summed E-state index contributed by atoms with van der Waals surface area (Å²) in [5.41, 5.74) is 3.73. The van der Waals surface area contributed by atoms with Gasteiger partial charge in [-0.3, -0.25) is 4.79 Å². The maximum Gasteiger partial charge on any atom is 0.404 e. The zero-order valence-corrected chi connectivity index (χ0v) is 27.5. The molecule has 3 aliphatic rings. The van der Waals surface area contributed by atoms with E-state index in [4.69, 9.17) is 9.72 Å². The number of hydrogen-bond donors (Lipinski definition) is 2. The number of imidazole rings is 1. The fourth-order valence-corrected chi connectivity index (χ4v) is 7.41. The number of carbonyl (C=O) groups is 2. The van der Waals surface area contributed by atoms with Crippen LogP contribution in [0.4, 0.5) is 15.0 Å². The van der Waals surface area contributed by atoms with Crippen LogP contribution in [0.5, 0.6) is 5.75 Å². The standard InChI is InChI=1S/C36H36FN9O4/c1-50-30-12-24(35(47)44-19-25(37)13-26(20-44)40-36(48)49)10-27-33(30)46(18-22-15-43(16-22)32-8-9-39-31(14-38)42-32)34(41-27)29-11-23-4-2-3-5-28(23)45(29)17-21-6-7-21/h2-5,8-12,21-22,25-26,40H,6-7,13,15-20H2,1H3,(H,48,49)/t25-,26-/m1/s1. The van der Waals surface area contributed by atoms with Gasteiger partial charge in [0.2, 0.25) is 5.82 Å². The van der Waals surface area contributed by atoms with Crippen LogP contribution in [0.15, 0.2) is 54.7 Å². The number of para-hydroxylation sites is 1. The van der Waals surface area contributed by atoms with Crippen molar-refractivity contribution in [3.63, 3.8) is 0 Å². The van der Waals surface area contributed by atoms with Gasteiger partial charge in [-0.15, -0.1) is 0 Å². The van der Waals surface area contributed by atoms with E-state index in [0.29, 0.717) is 35.1 Å². The molecule has 2 atom stereocenters. The second-order valence-electron chi connectivity index (χ2n) is 13.5. The highest BCUT2D eigenvalue weighted by molar-refractivity contribution is 6.00. The minimum atomic E-state index is -1.36. The van der Waals surface area contributed by atoms with Crippen molar-refractivity contribution in [2.45, 2.75) is 44.6 Å². The summed E-state index contributed by atoms with van der Waals surface area (Å²) in [4.78, 5) is 42.2. The van der Waals surface area contributed by atoms with E-state index in [1.807, 2.05) is 18.2 Å². The molecule has 8 rings (SSSR count). The first-order chi connectivity index (χ1) is 24.3. The normalized spacial score (nSPS) is 19.4. The highest BCUT2D eigenvalue weighted by Gasteiger charge is 2.34. The molecule has 0 radical (unpaired) electrons. The van der Waals surface area contributed by atoms with Crippen molar-refractivity contribution >= 4 is 39.8 Å². The van der Waals surface area contributed by atoms with Crippen molar-refractivity contribution in [1.29, 1.82) is 5.26 Å². The van der Waals surface area contributed by atoms with Gasteiger partial charge in [0.15, 0.2) is 5.82 Å². The number of amides is 2. The Morgan fingerprint density at radius 3 is 2.60 bits per heavy atom. The number of aromatic nitrogens is 5. The van der Waals surface area contributed by atoms with Gasteiger partial charge in [-0.05, 0) is 49.1 Å². The van der Waals surface area contributed by atoms with E-state index in [2.05, 4.69) is 47.5 Å². The Labute approximate surface area is 286 Å². The second kappa shape index (κ2) is 12.6. The molecule has 2 N–H and O–H groups in total. The number of methoxy groups -OCH3 is 1. The van der Waals surface area contributed by atoms with Gasteiger partial charge in [0.25, 0.3) is 5.91 Å². The minimum absolute atomic E-state index is 0.0103. The first kappa shape index (κ1) is 31.6. The van der Waals surface area contributed by atoms with Gasteiger partial charge in [0, 0.05) is 67.7 Å². The maximum absolute atomic E-state index is 14.7. The molecule has 0 unspecified atom stereocenters. The summed E-state index contributed by atoms with van der Waals surface area (Å²) in [5, 5.41) is 21.9. The van der Waals surface area contributed by atoms with Gasteiger partial charge in [-0.1, -0.05) is 18.2 Å². The number of carboxylic acid groups (broad SMARTS) is 1. The van der Waals surface area contributed by atoms with Crippen LogP contribution in [0.25, 0.3) is 33.5 Å². The lowest BCUT2D eigenvalue weighted by molar-refractivity contribution is 0.0577. The molecular formula is C36H36FN9O4. The number of nitrogens with one attached hydrogen (secondary N) is 1. The summed E-state index contributed by atoms with van der Waals surface area (Å²) < 4.78 is 25.2. The van der Waals surface area contributed by atoms with E-state index >= 15 is 0 Å². The molecule has 2 aliphatic heterocycles. The average Bonchev–Trinajstić information content (AvgIpc) is 3.74. The van der Waals surface area contributed by atoms with Crippen LogP contribution < -0.4 is 15.0 Å². The predicted octanol–water partition coefficient (Wildman–Crippen LogP) is 4.69. The van der Waals surface area contributed by atoms with Crippen LogP contribution in [0.3, 0.4) is 0 Å². The number of ether oxygens (including phenoxy) is 1. The van der Waals surface area contributed by atoms with E-state index in [1.54, 1.807) is 31.5 Å². The number of alkyl halides is 1. The first-order valence-electron chi connectivity index (χ1n) is 16.9. The van der Waals surface area contributed by atoms with E-state index in [0.717, 1.165) is 47.6 Å². The molecule has 50 heavy (non-hydrogen) atoms. The van der Waals surface area contributed by atoms with Crippen molar-refractivity contribution in [1.82, 2.24) is 34.3 Å². The number of likely N-dealkylation sites (tertiary alicyclic amines) is 1. The summed E-state index contributed by atoms with van der Waals surface area (Å²) in [7, 11) is 1.56. The van der Waals surface area contributed by atoms with Gasteiger partial charge in [0.1, 0.15) is 29.3 Å². The molecule has 14 heteroatoms. The second-order valence-corrected chi connectivity index (χ2v) is 13.5. The van der Waals surface area contributed by atoms with Crippen LogP contribution in [-0.4, -0.2) is 91.6 Å². The fraction of sp³-hybridized carbons (Fsp3) is 0.389. The lowest BCUT2D eigenvalue weighted by atomic mass is 9.99. The quantitative estimate of drug-likeness (QED) is 0.226. The molecule has 3 aromatic heterocycles. The van der Waals surface area contributed by atoms with Crippen molar-refractivity contribution in [2.75, 3.05) is 38.2 Å². The largest absolute Gasteiger partial charge is 0.494 e. The van der Waals surface area contributed by atoms with Gasteiger partial charge in [-0.2, -0.15) is 5.26 Å². The van der Waals surface area contributed by atoms with Crippen molar-refractivity contribution in [3.8, 4) is 23.3 Å². The summed E-state index contributed by atoms with van der Waals surface area (Å²) in [6, 6.07) is 17.0. The van der Waals surface area contributed by atoms with Gasteiger partial charge in [0.05, 0.1) is 30.9 Å². The third-order valence-corrected chi connectivity index (χ3v) is 9.93. The Hall–Kier alpha value is -5.71. The fourth-order valence-electron chi connectivity index (χ4n) is 7.41. The van der Waals surface area contributed by atoms with E-state index in [9.17, 15) is 24.3 Å². The lowest BCUT2D eigenvalue weighted by Crippen LogP contribution is -2.53. The SMILES string of the molecule is COc1cc(C(=O)N2C[C@H](F)C[C@@H](NC(=O)O)C2)cc2nc(-c3cc4ccccc4n3CC3CC3)n(CC3CN(c4ccnc(C#N)n4)C3)c12. The number of nitriles is 1. The zero-order chi connectivity index (χ0) is 34.5. The van der Waals surface area contributed by atoms with Crippen molar-refractivity contribution < 1.29 is 23.8 Å². The predicted molar refractivity (Wildman–Crippen MR) is 183 cm³/mol. The van der Waals surface area contributed by atoms with E-state index in [1.165, 1.54) is 17.7 Å². The topological polar surface area (TPSA) is 154 Å². The zero-order valence-electron chi connectivity index (χ0n) is 27.5. The highest BCUT2D eigenvalue weighted by atomic mass is 19.1. The summed E-state index contributed by atoms with van der Waals surface area (Å²) in [6.45, 7) is 2.87. The van der Waals surface area contributed by atoms with E-state index < -0.39 is 24.2 Å². The number of anilines is 1. The maximum atomic E-state index is 14.7. The number of fused-ring (bicyclic) bond motifs is 2. The lowest BCUT2D eigenvalue weighted by Gasteiger charge is -2.40. The Kier molecular flexibility index (Phi) is 7.97. The summed E-state index contributed by atoms with van der Waals surface area (Å²) in [5.74, 6) is 2.49. The molecule has 3 fully saturated rings. The number of benzene rings is 2. The number of hydrogen-bond acceptors (Lipinski definition) is 8. The molecule has 256 valence electrons. The first-order valence-corrected chi connectivity index (χ1v) is 16.9. The molecule has 1 saturated carbocycles. The molecule has 1 aliphatic carbocycles. The Balaban J connectivity index is 1.19. The van der Waals surface area contributed by atoms with Gasteiger partial charge in [-0.25, -0.2) is 24.1 Å². The molecule has 2 amide bonds. The number of halogens is 1. The smallest absolute Gasteiger partial charge is 0.404 e. The number of carbonyl (C=O) groups excluding carboxylic acids is 1. The van der Waals surface area contributed by atoms with Crippen LogP contribution >= 0.6 is 0 Å². The van der Waals surface area contributed by atoms with E-state index in [-0.39, 0.29) is 31.3 Å². The van der Waals surface area contributed by atoms with Crippen LogP contribution in [-0.2, 0) is 13.1 Å². The number of nitrogens with zero attached hydrogens (tertiary/aromatic N) is 8. The molecule has 0 spiro atoms. The van der Waals surface area contributed by atoms with Crippen LogP contribution in [0.2, 0.25) is 0 Å². The molecule has 2 aromatic carbocycles. The third kappa shape index (κ3) is 5.93. The van der Waals surface area contributed by atoms with Crippen LogP contribution in [0.1, 0.15) is 35.4 Å². The average molecular weight is 678 g/mol. The third-order valence-electron chi connectivity index (χ3n) is 9.93. The number of rotatable bonds is 9. The number of piperidine rings is 1. The van der Waals surface area contributed by atoms with Gasteiger partial charge >= 0.3 is 6.09 Å². The highest BCUT2D eigenvalue weighted by Crippen LogP contribution is 2.39. The monoisotopic (exact) mass is 677 g/mol. The molecule has 2 saturated heterocycles. The minimum Gasteiger partial charge on any atom is -0.494 e. The molecule has 0 bridgehead atoms. The molecule has 13 nitrogen and oxygen atoms in total. The Bertz CT molecular complexity index is 2160. The van der Waals surface area contributed by atoms with Crippen LogP contribution in [0, 0.1) is 23.2 Å². The molecule has 5 heterocycles. The van der Waals surface area contributed by atoms with Crippen molar-refractivity contribution in [2.24, 2.45) is 11.8 Å².